The van der Waals surface area contributed by atoms with Crippen LogP contribution < -0.4 is 4.90 Å². The van der Waals surface area contributed by atoms with Gasteiger partial charge in [-0.05, 0) is 37.6 Å². The van der Waals surface area contributed by atoms with Crippen LogP contribution in [0.2, 0.25) is 0 Å². The lowest BCUT2D eigenvalue weighted by Crippen LogP contribution is -2.18. The lowest BCUT2D eigenvalue weighted by molar-refractivity contribution is 0.583. The normalized spacial score (nSPS) is 10.3. The van der Waals surface area contributed by atoms with E-state index in [1.165, 1.54) is 6.07 Å². The fourth-order valence-electron chi connectivity index (χ4n) is 1.87. The van der Waals surface area contributed by atoms with Gasteiger partial charge in [0.1, 0.15) is 5.82 Å². The predicted molar refractivity (Wildman–Crippen MR) is 68.1 cm³/mol. The van der Waals surface area contributed by atoms with Crippen LogP contribution in [0.3, 0.4) is 0 Å². The molecule has 2 rings (SSSR count). The number of aryl methyl sites for hydroxylation is 1. The Morgan fingerprint density at radius 1 is 1.12 bits per heavy atom. The van der Waals surface area contributed by atoms with E-state index in [1.54, 1.807) is 6.07 Å². The van der Waals surface area contributed by atoms with Gasteiger partial charge in [0.25, 0.3) is 0 Å². The molecule has 0 bridgehead atoms. The third kappa shape index (κ3) is 2.44. The summed E-state index contributed by atoms with van der Waals surface area (Å²) in [7, 11) is 0. The summed E-state index contributed by atoms with van der Waals surface area (Å²) in [5.74, 6) is 0.191. The van der Waals surface area contributed by atoms with Crippen molar-refractivity contribution in [3.63, 3.8) is 0 Å². The Bertz CT molecular complexity index is 511. The van der Waals surface area contributed by atoms with Gasteiger partial charge in [-0.25, -0.2) is 4.98 Å². The highest BCUT2D eigenvalue weighted by Gasteiger charge is 2.10. The monoisotopic (exact) mass is 230 g/mol. The number of anilines is 2. The number of nitrogens with zero attached hydrogens (tertiary/aromatic N) is 2. The maximum absolute atomic E-state index is 13.1. The number of para-hydroxylation sites is 1. The van der Waals surface area contributed by atoms with Crippen LogP contribution >= 0.6 is 0 Å². The largest absolute Gasteiger partial charge is 0.326 e. The first-order valence-corrected chi connectivity index (χ1v) is 5.68. The average molecular weight is 230 g/mol. The van der Waals surface area contributed by atoms with E-state index in [1.807, 2.05) is 49.1 Å². The Morgan fingerprint density at radius 2 is 1.88 bits per heavy atom. The molecule has 1 aromatic carbocycles. The standard InChI is InChI=1S/C14H15FN2/c1-3-17(12-8-5-4-7-11(12)2)14-10-6-9-13(15)16-14/h4-10H,3H2,1-2H3. The Balaban J connectivity index is 2.44. The maximum atomic E-state index is 13.1. The lowest BCUT2D eigenvalue weighted by Gasteiger charge is -2.23. The van der Waals surface area contributed by atoms with Crippen LogP contribution in [0.5, 0.6) is 0 Å². The first-order valence-electron chi connectivity index (χ1n) is 5.68. The fraction of sp³-hybridized carbons (Fsp3) is 0.214. The Labute approximate surface area is 101 Å². The van der Waals surface area contributed by atoms with Crippen molar-refractivity contribution in [3.8, 4) is 0 Å². The third-order valence-corrected chi connectivity index (χ3v) is 2.70. The van der Waals surface area contributed by atoms with Gasteiger partial charge >= 0.3 is 0 Å². The third-order valence-electron chi connectivity index (χ3n) is 2.70. The van der Waals surface area contributed by atoms with Crippen molar-refractivity contribution in [1.82, 2.24) is 4.98 Å². The summed E-state index contributed by atoms with van der Waals surface area (Å²) in [5.41, 5.74) is 2.22. The number of hydrogen-bond acceptors (Lipinski definition) is 2. The highest BCUT2D eigenvalue weighted by Crippen LogP contribution is 2.26. The van der Waals surface area contributed by atoms with Crippen molar-refractivity contribution in [3.05, 3.63) is 54.0 Å². The zero-order valence-electron chi connectivity index (χ0n) is 10.0. The SMILES string of the molecule is CCN(c1cccc(F)n1)c1ccccc1C. The molecule has 17 heavy (non-hydrogen) atoms. The molecule has 1 heterocycles. The van der Waals surface area contributed by atoms with Gasteiger partial charge in [-0.3, -0.25) is 0 Å². The van der Waals surface area contributed by atoms with Gasteiger partial charge in [-0.1, -0.05) is 24.3 Å². The van der Waals surface area contributed by atoms with Crippen LogP contribution in [0.1, 0.15) is 12.5 Å². The summed E-state index contributed by atoms with van der Waals surface area (Å²) in [4.78, 5) is 5.92. The Morgan fingerprint density at radius 3 is 2.53 bits per heavy atom. The van der Waals surface area contributed by atoms with E-state index in [2.05, 4.69) is 4.98 Å². The van der Waals surface area contributed by atoms with Crippen LogP contribution in [-0.2, 0) is 0 Å². The first-order chi connectivity index (χ1) is 8.22. The number of pyridine rings is 1. The molecule has 2 nitrogen and oxygen atoms in total. The molecule has 0 aliphatic rings. The molecule has 2 aromatic rings. The van der Waals surface area contributed by atoms with Gasteiger partial charge in [0, 0.05) is 12.2 Å². The minimum Gasteiger partial charge on any atom is -0.326 e. The van der Waals surface area contributed by atoms with Crippen LogP contribution in [0.4, 0.5) is 15.9 Å². The van der Waals surface area contributed by atoms with Crippen LogP contribution in [-0.4, -0.2) is 11.5 Å². The molecule has 0 spiro atoms. The summed E-state index contributed by atoms with van der Waals surface area (Å²) < 4.78 is 13.1. The van der Waals surface area contributed by atoms with Crippen molar-refractivity contribution < 1.29 is 4.39 Å². The second kappa shape index (κ2) is 4.95. The Hall–Kier alpha value is -1.90. The molecule has 0 radical (unpaired) electrons. The molecule has 0 atom stereocenters. The van der Waals surface area contributed by atoms with Gasteiger partial charge in [0.15, 0.2) is 0 Å². The van der Waals surface area contributed by atoms with Crippen molar-refractivity contribution in [2.75, 3.05) is 11.4 Å². The second-order valence-electron chi connectivity index (χ2n) is 3.85. The summed E-state index contributed by atoms with van der Waals surface area (Å²) in [6.07, 6.45) is 0. The van der Waals surface area contributed by atoms with Gasteiger partial charge < -0.3 is 4.90 Å². The number of rotatable bonds is 3. The smallest absolute Gasteiger partial charge is 0.214 e. The molecule has 0 N–H and O–H groups in total. The van der Waals surface area contributed by atoms with Crippen molar-refractivity contribution >= 4 is 11.5 Å². The summed E-state index contributed by atoms with van der Waals surface area (Å²) in [6.45, 7) is 4.82. The molecular formula is C14H15FN2. The van der Waals surface area contributed by atoms with Gasteiger partial charge in [-0.2, -0.15) is 4.39 Å². The molecule has 0 saturated carbocycles. The summed E-state index contributed by atoms with van der Waals surface area (Å²) >= 11 is 0. The summed E-state index contributed by atoms with van der Waals surface area (Å²) in [5, 5.41) is 0. The van der Waals surface area contributed by atoms with Crippen molar-refractivity contribution in [2.24, 2.45) is 0 Å². The number of benzene rings is 1. The highest BCUT2D eigenvalue weighted by molar-refractivity contribution is 5.63. The second-order valence-corrected chi connectivity index (χ2v) is 3.85. The summed E-state index contributed by atoms with van der Waals surface area (Å²) in [6, 6.07) is 12.9. The van der Waals surface area contributed by atoms with Crippen LogP contribution in [0.25, 0.3) is 0 Å². The lowest BCUT2D eigenvalue weighted by atomic mass is 10.2. The highest BCUT2D eigenvalue weighted by atomic mass is 19.1. The molecule has 0 aliphatic carbocycles. The molecule has 1 aromatic heterocycles. The average Bonchev–Trinajstić information content (AvgIpc) is 2.33. The molecule has 0 aliphatic heterocycles. The van der Waals surface area contributed by atoms with E-state index in [4.69, 9.17) is 0 Å². The van der Waals surface area contributed by atoms with Crippen molar-refractivity contribution in [1.29, 1.82) is 0 Å². The predicted octanol–water partition coefficient (Wildman–Crippen LogP) is 3.69. The molecule has 0 unspecified atom stereocenters. The number of hydrogen-bond donors (Lipinski definition) is 0. The quantitative estimate of drug-likeness (QED) is 0.747. The van der Waals surface area contributed by atoms with E-state index in [0.29, 0.717) is 5.82 Å². The zero-order valence-corrected chi connectivity index (χ0v) is 10.0. The van der Waals surface area contributed by atoms with E-state index < -0.39 is 5.95 Å². The van der Waals surface area contributed by atoms with Gasteiger partial charge in [-0.15, -0.1) is 0 Å². The van der Waals surface area contributed by atoms with Crippen LogP contribution in [0.15, 0.2) is 42.5 Å². The van der Waals surface area contributed by atoms with E-state index in [0.717, 1.165) is 17.8 Å². The molecule has 0 fully saturated rings. The number of halogens is 1. The minimum absolute atomic E-state index is 0.450. The molecule has 0 amide bonds. The molecule has 3 heteroatoms. The van der Waals surface area contributed by atoms with Gasteiger partial charge in [0.05, 0.1) is 0 Å². The van der Waals surface area contributed by atoms with Crippen molar-refractivity contribution in [2.45, 2.75) is 13.8 Å². The number of aromatic nitrogens is 1. The molecule has 88 valence electrons. The van der Waals surface area contributed by atoms with E-state index >= 15 is 0 Å². The topological polar surface area (TPSA) is 16.1 Å². The molecular weight excluding hydrogens is 215 g/mol. The van der Waals surface area contributed by atoms with E-state index in [9.17, 15) is 4.39 Å². The minimum atomic E-state index is -0.450. The fourth-order valence-corrected chi connectivity index (χ4v) is 1.87. The zero-order chi connectivity index (χ0) is 12.3. The first kappa shape index (κ1) is 11.6. The van der Waals surface area contributed by atoms with Gasteiger partial charge in [0.2, 0.25) is 5.95 Å². The van der Waals surface area contributed by atoms with E-state index in [-0.39, 0.29) is 0 Å². The van der Waals surface area contributed by atoms with Crippen LogP contribution in [0, 0.1) is 12.9 Å². The maximum Gasteiger partial charge on any atom is 0.214 e. The molecule has 0 saturated heterocycles. The Kier molecular flexibility index (Phi) is 3.38.